The molecule has 0 unspecified atom stereocenters. The first-order valence-corrected chi connectivity index (χ1v) is 7.07. The van der Waals surface area contributed by atoms with Gasteiger partial charge in [-0.25, -0.2) is 9.98 Å². The van der Waals surface area contributed by atoms with E-state index in [0.29, 0.717) is 18.3 Å². The van der Waals surface area contributed by atoms with Crippen molar-refractivity contribution in [2.24, 2.45) is 10.7 Å². The van der Waals surface area contributed by atoms with Gasteiger partial charge in [-0.2, -0.15) is 0 Å². The minimum Gasteiger partial charge on any atom is -0.370 e. The van der Waals surface area contributed by atoms with Crippen LogP contribution in [0.1, 0.15) is 30.8 Å². The minimum absolute atomic E-state index is 0.0113. The lowest BCUT2D eigenvalue weighted by Gasteiger charge is -2.12. The number of nitrogens with zero attached hydrogens (tertiary/aromatic N) is 4. The van der Waals surface area contributed by atoms with E-state index in [4.69, 9.17) is 5.73 Å². The molecule has 2 aromatic rings. The summed E-state index contributed by atoms with van der Waals surface area (Å²) in [4.78, 5) is 8.35. The Balaban J connectivity index is 1.97. The van der Waals surface area contributed by atoms with Crippen molar-refractivity contribution in [3.8, 4) is 0 Å². The van der Waals surface area contributed by atoms with Gasteiger partial charge in [0.2, 0.25) is 0 Å². The SMILES string of the molecule is CC(C)(C)c1nnc(CN=C(N)Nc2ccccn2)s1. The highest BCUT2D eigenvalue weighted by Gasteiger charge is 2.19. The molecule has 0 spiro atoms. The molecule has 6 nitrogen and oxygen atoms in total. The molecule has 0 aliphatic carbocycles. The second kappa shape index (κ2) is 5.96. The van der Waals surface area contributed by atoms with E-state index in [2.05, 4.69) is 46.3 Å². The van der Waals surface area contributed by atoms with Gasteiger partial charge in [0.15, 0.2) is 5.96 Å². The molecule has 0 saturated carbocycles. The molecule has 0 atom stereocenters. The quantitative estimate of drug-likeness (QED) is 0.668. The van der Waals surface area contributed by atoms with Crippen LogP contribution >= 0.6 is 11.3 Å². The molecule has 0 aromatic carbocycles. The van der Waals surface area contributed by atoms with Crippen LogP contribution in [0.3, 0.4) is 0 Å². The zero-order valence-electron chi connectivity index (χ0n) is 11.8. The fourth-order valence-electron chi connectivity index (χ4n) is 1.38. The molecule has 3 N–H and O–H groups in total. The van der Waals surface area contributed by atoms with Crippen molar-refractivity contribution >= 4 is 23.1 Å². The van der Waals surface area contributed by atoms with E-state index in [-0.39, 0.29) is 5.41 Å². The number of nitrogens with two attached hydrogens (primary N) is 1. The Kier molecular flexibility index (Phi) is 4.29. The number of nitrogens with one attached hydrogen (secondary N) is 1. The van der Waals surface area contributed by atoms with Gasteiger partial charge in [0.05, 0.1) is 6.54 Å². The van der Waals surface area contributed by atoms with Crippen LogP contribution < -0.4 is 11.1 Å². The molecule has 0 radical (unpaired) electrons. The molecule has 20 heavy (non-hydrogen) atoms. The van der Waals surface area contributed by atoms with Gasteiger partial charge in [0.25, 0.3) is 0 Å². The average molecular weight is 290 g/mol. The van der Waals surface area contributed by atoms with Crippen molar-refractivity contribution in [3.63, 3.8) is 0 Å². The third kappa shape index (κ3) is 3.99. The Morgan fingerprint density at radius 3 is 2.75 bits per heavy atom. The van der Waals surface area contributed by atoms with Crippen molar-refractivity contribution in [2.45, 2.75) is 32.7 Å². The number of pyridine rings is 1. The predicted molar refractivity (Wildman–Crippen MR) is 81.8 cm³/mol. The Morgan fingerprint density at radius 2 is 2.15 bits per heavy atom. The summed E-state index contributed by atoms with van der Waals surface area (Å²) < 4.78 is 0. The average Bonchev–Trinajstić information content (AvgIpc) is 2.86. The standard InChI is InChI=1S/C13H18N6S/c1-13(2,3)11-19-18-10(20-11)8-16-12(14)17-9-6-4-5-7-15-9/h4-7H,8H2,1-3H3,(H3,14,15,16,17). The Hall–Kier alpha value is -2.02. The fourth-order valence-corrected chi connectivity index (χ4v) is 2.20. The van der Waals surface area contributed by atoms with Crippen molar-refractivity contribution in [2.75, 3.05) is 5.32 Å². The Morgan fingerprint density at radius 1 is 1.35 bits per heavy atom. The van der Waals surface area contributed by atoms with Gasteiger partial charge >= 0.3 is 0 Å². The maximum absolute atomic E-state index is 5.80. The highest BCUT2D eigenvalue weighted by Crippen LogP contribution is 2.25. The first kappa shape index (κ1) is 14.4. The largest absolute Gasteiger partial charge is 0.370 e. The van der Waals surface area contributed by atoms with E-state index >= 15 is 0 Å². The molecule has 0 aliphatic rings. The molecule has 2 rings (SSSR count). The lowest BCUT2D eigenvalue weighted by molar-refractivity contribution is 0.577. The third-order valence-electron chi connectivity index (χ3n) is 2.41. The lowest BCUT2D eigenvalue weighted by Crippen LogP contribution is -2.23. The lowest BCUT2D eigenvalue weighted by atomic mass is 9.98. The van der Waals surface area contributed by atoms with Crippen molar-refractivity contribution < 1.29 is 0 Å². The van der Waals surface area contributed by atoms with Crippen LogP contribution in [0.5, 0.6) is 0 Å². The molecule has 0 bridgehead atoms. The minimum atomic E-state index is 0.0113. The number of guanidine groups is 1. The summed E-state index contributed by atoms with van der Waals surface area (Å²) >= 11 is 1.56. The summed E-state index contributed by atoms with van der Waals surface area (Å²) in [7, 11) is 0. The zero-order chi connectivity index (χ0) is 14.6. The fraction of sp³-hybridized carbons (Fsp3) is 0.385. The first-order valence-electron chi connectivity index (χ1n) is 6.26. The van der Waals surface area contributed by atoms with Gasteiger partial charge in [-0.1, -0.05) is 38.2 Å². The van der Waals surface area contributed by atoms with Crippen molar-refractivity contribution in [1.82, 2.24) is 15.2 Å². The van der Waals surface area contributed by atoms with Gasteiger partial charge in [0.1, 0.15) is 15.8 Å². The summed E-state index contributed by atoms with van der Waals surface area (Å²) in [6.07, 6.45) is 1.69. The highest BCUT2D eigenvalue weighted by atomic mass is 32.1. The first-order chi connectivity index (χ1) is 9.45. The summed E-state index contributed by atoms with van der Waals surface area (Å²) in [6, 6.07) is 5.54. The van der Waals surface area contributed by atoms with E-state index in [9.17, 15) is 0 Å². The topological polar surface area (TPSA) is 89.1 Å². The Labute approximate surface area is 122 Å². The van der Waals surface area contributed by atoms with E-state index in [1.807, 2.05) is 18.2 Å². The molecular weight excluding hydrogens is 272 g/mol. The van der Waals surface area contributed by atoms with Crippen molar-refractivity contribution in [3.05, 3.63) is 34.4 Å². The molecule has 0 fully saturated rings. The van der Waals surface area contributed by atoms with Crippen LogP contribution in [-0.4, -0.2) is 21.1 Å². The van der Waals surface area contributed by atoms with Crippen LogP contribution in [0, 0.1) is 0 Å². The summed E-state index contributed by atoms with van der Waals surface area (Å²) in [6.45, 7) is 6.74. The van der Waals surface area contributed by atoms with E-state index < -0.39 is 0 Å². The smallest absolute Gasteiger partial charge is 0.194 e. The number of anilines is 1. The van der Waals surface area contributed by atoms with Gasteiger partial charge in [-0.05, 0) is 12.1 Å². The molecule has 0 amide bonds. The second-order valence-electron chi connectivity index (χ2n) is 5.29. The zero-order valence-corrected chi connectivity index (χ0v) is 12.6. The Bertz CT molecular complexity index is 584. The predicted octanol–water partition coefficient (Wildman–Crippen LogP) is 2.16. The van der Waals surface area contributed by atoms with Crippen LogP contribution in [-0.2, 0) is 12.0 Å². The maximum atomic E-state index is 5.80. The molecule has 0 saturated heterocycles. The van der Waals surface area contributed by atoms with E-state index in [1.165, 1.54) is 0 Å². The number of aromatic nitrogens is 3. The summed E-state index contributed by atoms with van der Waals surface area (Å²) in [5.74, 6) is 0.984. The summed E-state index contributed by atoms with van der Waals surface area (Å²) in [5.41, 5.74) is 5.81. The van der Waals surface area contributed by atoms with Gasteiger partial charge in [0, 0.05) is 11.6 Å². The van der Waals surface area contributed by atoms with Gasteiger partial charge in [-0.3, -0.25) is 0 Å². The number of hydrogen-bond donors (Lipinski definition) is 2. The second-order valence-corrected chi connectivity index (χ2v) is 6.35. The molecule has 2 aromatic heterocycles. The summed E-state index contributed by atoms with van der Waals surface area (Å²) in [5, 5.41) is 13.1. The van der Waals surface area contributed by atoms with Gasteiger partial charge in [-0.15, -0.1) is 10.2 Å². The number of aliphatic imine (C=N–C) groups is 1. The number of hydrogen-bond acceptors (Lipinski definition) is 5. The normalized spacial score (nSPS) is 12.4. The molecule has 2 heterocycles. The molecule has 0 aliphatic heterocycles. The van der Waals surface area contributed by atoms with Crippen molar-refractivity contribution in [1.29, 1.82) is 0 Å². The number of rotatable bonds is 3. The van der Waals surface area contributed by atoms with Crippen LogP contribution in [0.15, 0.2) is 29.4 Å². The molecule has 7 heteroatoms. The van der Waals surface area contributed by atoms with Crippen LogP contribution in [0.2, 0.25) is 0 Å². The third-order valence-corrected chi connectivity index (χ3v) is 3.75. The monoisotopic (exact) mass is 290 g/mol. The van der Waals surface area contributed by atoms with Gasteiger partial charge < -0.3 is 11.1 Å². The van der Waals surface area contributed by atoms with Crippen LogP contribution in [0.4, 0.5) is 5.82 Å². The highest BCUT2D eigenvalue weighted by molar-refractivity contribution is 7.11. The van der Waals surface area contributed by atoms with Crippen LogP contribution in [0.25, 0.3) is 0 Å². The van der Waals surface area contributed by atoms with E-state index in [0.717, 1.165) is 10.0 Å². The maximum Gasteiger partial charge on any atom is 0.194 e. The molecule has 106 valence electrons. The van der Waals surface area contributed by atoms with E-state index in [1.54, 1.807) is 17.5 Å². The molecular formula is C13H18N6S.